The maximum Gasteiger partial charge on any atom is 0.304 e. The standard InChI is InChI=1S/C10H19NO3S2/c1-2-5-16-8-9(12)11-4-7-15-6-3-10(13)14/h2-8H2,1H3,(H,11,12)(H,13,14). The fourth-order valence-electron chi connectivity index (χ4n) is 0.884. The van der Waals surface area contributed by atoms with Crippen LogP contribution < -0.4 is 5.32 Å². The van der Waals surface area contributed by atoms with Gasteiger partial charge in [0.05, 0.1) is 12.2 Å². The van der Waals surface area contributed by atoms with E-state index < -0.39 is 5.97 Å². The average Bonchev–Trinajstić information content (AvgIpc) is 2.23. The van der Waals surface area contributed by atoms with E-state index in [0.717, 1.165) is 17.9 Å². The maximum absolute atomic E-state index is 11.2. The molecule has 0 bridgehead atoms. The molecular formula is C10H19NO3S2. The zero-order valence-corrected chi connectivity index (χ0v) is 11.2. The fraction of sp³-hybridized carbons (Fsp3) is 0.800. The highest BCUT2D eigenvalue weighted by atomic mass is 32.2. The van der Waals surface area contributed by atoms with E-state index >= 15 is 0 Å². The first-order chi connectivity index (χ1) is 7.66. The first-order valence-electron chi connectivity index (χ1n) is 5.30. The predicted octanol–water partition coefficient (Wildman–Crippen LogP) is 1.45. The first kappa shape index (κ1) is 15.6. The molecule has 4 nitrogen and oxygen atoms in total. The number of hydrogen-bond donors (Lipinski definition) is 2. The van der Waals surface area contributed by atoms with Crippen molar-refractivity contribution < 1.29 is 14.7 Å². The van der Waals surface area contributed by atoms with Gasteiger partial charge in [-0.3, -0.25) is 9.59 Å². The Labute approximate surface area is 105 Å². The number of carbonyl (C=O) groups excluding carboxylic acids is 1. The summed E-state index contributed by atoms with van der Waals surface area (Å²) in [4.78, 5) is 21.4. The van der Waals surface area contributed by atoms with Crippen LogP contribution in [0, 0.1) is 0 Å². The van der Waals surface area contributed by atoms with E-state index in [1.807, 2.05) is 0 Å². The van der Waals surface area contributed by atoms with Crippen LogP contribution in [-0.4, -0.2) is 46.5 Å². The van der Waals surface area contributed by atoms with Crippen LogP contribution in [0.2, 0.25) is 0 Å². The molecule has 0 saturated heterocycles. The van der Waals surface area contributed by atoms with Crippen LogP contribution in [0.5, 0.6) is 0 Å². The van der Waals surface area contributed by atoms with E-state index in [1.54, 1.807) is 23.5 Å². The molecule has 94 valence electrons. The summed E-state index contributed by atoms with van der Waals surface area (Å²) in [5.41, 5.74) is 0. The summed E-state index contributed by atoms with van der Waals surface area (Å²) in [5.74, 6) is 2.21. The molecule has 0 aliphatic heterocycles. The fourth-order valence-corrected chi connectivity index (χ4v) is 2.37. The van der Waals surface area contributed by atoms with Crippen LogP contribution in [0.25, 0.3) is 0 Å². The number of carboxylic acid groups (broad SMARTS) is 1. The Morgan fingerprint density at radius 2 is 1.94 bits per heavy atom. The van der Waals surface area contributed by atoms with Gasteiger partial charge in [-0.1, -0.05) is 6.92 Å². The Hall–Kier alpha value is -0.360. The van der Waals surface area contributed by atoms with Gasteiger partial charge in [0.2, 0.25) is 5.91 Å². The molecule has 16 heavy (non-hydrogen) atoms. The van der Waals surface area contributed by atoms with Crippen molar-refractivity contribution >= 4 is 35.4 Å². The van der Waals surface area contributed by atoms with Gasteiger partial charge in [0, 0.05) is 18.1 Å². The molecule has 0 radical (unpaired) electrons. The minimum atomic E-state index is -0.771. The molecule has 0 atom stereocenters. The highest BCUT2D eigenvalue weighted by Gasteiger charge is 2.00. The van der Waals surface area contributed by atoms with Gasteiger partial charge in [0.15, 0.2) is 0 Å². The Balaban J connectivity index is 3.18. The summed E-state index contributed by atoms with van der Waals surface area (Å²) < 4.78 is 0. The van der Waals surface area contributed by atoms with Crippen molar-refractivity contribution in [3.63, 3.8) is 0 Å². The summed E-state index contributed by atoms with van der Waals surface area (Å²) in [6.07, 6.45) is 1.27. The molecule has 0 aliphatic carbocycles. The SMILES string of the molecule is CCCSCC(=O)NCCSCCC(=O)O. The van der Waals surface area contributed by atoms with E-state index in [-0.39, 0.29) is 12.3 Å². The highest BCUT2D eigenvalue weighted by molar-refractivity contribution is 8.00. The summed E-state index contributed by atoms with van der Waals surface area (Å²) >= 11 is 3.19. The molecule has 0 rings (SSSR count). The lowest BCUT2D eigenvalue weighted by atomic mass is 10.5. The summed E-state index contributed by atoms with van der Waals surface area (Å²) in [5, 5.41) is 11.2. The minimum Gasteiger partial charge on any atom is -0.481 e. The number of carboxylic acids is 1. The Morgan fingerprint density at radius 3 is 2.56 bits per heavy atom. The molecular weight excluding hydrogens is 246 g/mol. The van der Waals surface area contributed by atoms with Crippen LogP contribution in [-0.2, 0) is 9.59 Å². The second kappa shape index (κ2) is 11.1. The normalized spacial score (nSPS) is 10.1. The Bertz CT molecular complexity index is 212. The monoisotopic (exact) mass is 265 g/mol. The van der Waals surface area contributed by atoms with Gasteiger partial charge in [0.1, 0.15) is 0 Å². The zero-order valence-electron chi connectivity index (χ0n) is 9.53. The quantitative estimate of drug-likeness (QED) is 0.585. The average molecular weight is 265 g/mol. The molecule has 0 unspecified atom stereocenters. The van der Waals surface area contributed by atoms with E-state index in [0.29, 0.717) is 18.1 Å². The van der Waals surface area contributed by atoms with Crippen molar-refractivity contribution in [2.75, 3.05) is 29.6 Å². The molecule has 6 heteroatoms. The number of hydrogen-bond acceptors (Lipinski definition) is 4. The first-order valence-corrected chi connectivity index (χ1v) is 7.61. The summed E-state index contributed by atoms with van der Waals surface area (Å²) in [7, 11) is 0. The van der Waals surface area contributed by atoms with E-state index in [9.17, 15) is 9.59 Å². The van der Waals surface area contributed by atoms with Gasteiger partial charge < -0.3 is 10.4 Å². The molecule has 0 fully saturated rings. The van der Waals surface area contributed by atoms with Gasteiger partial charge in [-0.05, 0) is 12.2 Å². The maximum atomic E-state index is 11.2. The second-order valence-electron chi connectivity index (χ2n) is 3.16. The van der Waals surface area contributed by atoms with Crippen molar-refractivity contribution in [3.8, 4) is 0 Å². The molecule has 1 amide bonds. The smallest absolute Gasteiger partial charge is 0.304 e. The Morgan fingerprint density at radius 1 is 1.19 bits per heavy atom. The molecule has 0 aromatic carbocycles. The van der Waals surface area contributed by atoms with E-state index in [1.165, 1.54) is 0 Å². The predicted molar refractivity (Wildman–Crippen MR) is 70.2 cm³/mol. The van der Waals surface area contributed by atoms with Gasteiger partial charge in [-0.2, -0.15) is 23.5 Å². The second-order valence-corrected chi connectivity index (χ2v) is 5.49. The topological polar surface area (TPSA) is 66.4 Å². The molecule has 0 aliphatic rings. The van der Waals surface area contributed by atoms with Crippen molar-refractivity contribution in [2.24, 2.45) is 0 Å². The number of amides is 1. The van der Waals surface area contributed by atoms with Crippen molar-refractivity contribution in [1.29, 1.82) is 0 Å². The van der Waals surface area contributed by atoms with Crippen LogP contribution in [0.1, 0.15) is 19.8 Å². The van der Waals surface area contributed by atoms with Crippen LogP contribution in [0.4, 0.5) is 0 Å². The van der Waals surface area contributed by atoms with Crippen LogP contribution >= 0.6 is 23.5 Å². The van der Waals surface area contributed by atoms with Gasteiger partial charge in [-0.25, -0.2) is 0 Å². The minimum absolute atomic E-state index is 0.0669. The third-order valence-corrected chi connectivity index (χ3v) is 3.76. The molecule has 2 N–H and O–H groups in total. The number of aliphatic carboxylic acids is 1. The van der Waals surface area contributed by atoms with Gasteiger partial charge in [-0.15, -0.1) is 0 Å². The number of thioether (sulfide) groups is 2. The number of carbonyl (C=O) groups is 2. The molecule has 0 saturated carbocycles. The molecule has 0 heterocycles. The van der Waals surface area contributed by atoms with E-state index in [4.69, 9.17) is 5.11 Å². The van der Waals surface area contributed by atoms with Crippen molar-refractivity contribution in [2.45, 2.75) is 19.8 Å². The summed E-state index contributed by atoms with van der Waals surface area (Å²) in [6.45, 7) is 2.71. The van der Waals surface area contributed by atoms with Gasteiger partial charge >= 0.3 is 5.97 Å². The van der Waals surface area contributed by atoms with Crippen molar-refractivity contribution in [1.82, 2.24) is 5.32 Å². The van der Waals surface area contributed by atoms with E-state index in [2.05, 4.69) is 12.2 Å². The third kappa shape index (κ3) is 11.7. The van der Waals surface area contributed by atoms with Gasteiger partial charge in [0.25, 0.3) is 0 Å². The summed E-state index contributed by atoms with van der Waals surface area (Å²) in [6, 6.07) is 0. The zero-order chi connectivity index (χ0) is 12.2. The largest absolute Gasteiger partial charge is 0.481 e. The number of nitrogens with one attached hydrogen (secondary N) is 1. The third-order valence-electron chi connectivity index (χ3n) is 1.61. The van der Waals surface area contributed by atoms with Crippen LogP contribution in [0.15, 0.2) is 0 Å². The van der Waals surface area contributed by atoms with Crippen LogP contribution in [0.3, 0.4) is 0 Å². The highest BCUT2D eigenvalue weighted by Crippen LogP contribution is 2.02. The molecule has 0 spiro atoms. The lowest BCUT2D eigenvalue weighted by Gasteiger charge is -2.04. The van der Waals surface area contributed by atoms with Crippen molar-refractivity contribution in [3.05, 3.63) is 0 Å². The number of rotatable bonds is 10. The lowest BCUT2D eigenvalue weighted by Crippen LogP contribution is -2.27. The lowest BCUT2D eigenvalue weighted by molar-refractivity contribution is -0.136. The Kier molecular flexibility index (Phi) is 10.9. The molecule has 0 aromatic rings. The molecule has 0 aromatic heterocycles.